The number of rotatable bonds is 5. The summed E-state index contributed by atoms with van der Waals surface area (Å²) in [5.74, 6) is 0. The lowest BCUT2D eigenvalue weighted by Crippen LogP contribution is -2.41. The molecule has 0 spiro atoms. The van der Waals surface area contributed by atoms with Gasteiger partial charge in [0.15, 0.2) is 0 Å². The maximum atomic E-state index is 10.7. The van der Waals surface area contributed by atoms with Crippen LogP contribution < -0.4 is 5.32 Å². The number of benzene rings is 1. The van der Waals surface area contributed by atoms with Crippen LogP contribution in [0.3, 0.4) is 0 Å². The molecule has 0 amide bonds. The van der Waals surface area contributed by atoms with Crippen molar-refractivity contribution in [1.82, 2.24) is 10.3 Å². The Balaban J connectivity index is 1.61. The van der Waals surface area contributed by atoms with Crippen molar-refractivity contribution in [3.63, 3.8) is 0 Å². The molecule has 3 nitrogen and oxygen atoms in total. The van der Waals surface area contributed by atoms with Crippen LogP contribution in [-0.4, -0.2) is 22.2 Å². The van der Waals surface area contributed by atoms with E-state index in [1.54, 1.807) is 11.3 Å². The Hall–Kier alpha value is -1.75. The van der Waals surface area contributed by atoms with Gasteiger partial charge in [-0.2, -0.15) is 0 Å². The molecule has 2 aromatic heterocycles. The SMILES string of the molecule is Cc1cccc2cc(CNCC3(O)CCCCC3)c(-c3cccs3)nc12. The Morgan fingerprint density at radius 2 is 2.00 bits per heavy atom. The van der Waals surface area contributed by atoms with Crippen LogP contribution in [0.15, 0.2) is 41.8 Å². The number of thiophene rings is 1. The predicted octanol–water partition coefficient (Wildman–Crippen LogP) is 5.06. The molecule has 4 rings (SSSR count). The van der Waals surface area contributed by atoms with Crippen molar-refractivity contribution in [2.45, 2.75) is 51.2 Å². The number of fused-ring (bicyclic) bond motifs is 1. The molecule has 2 heterocycles. The Labute approximate surface area is 159 Å². The van der Waals surface area contributed by atoms with E-state index >= 15 is 0 Å². The first-order valence-corrected chi connectivity index (χ1v) is 10.4. The molecular formula is C22H26N2OS. The van der Waals surface area contributed by atoms with Crippen molar-refractivity contribution in [2.24, 2.45) is 0 Å². The van der Waals surface area contributed by atoms with Gasteiger partial charge in [-0.1, -0.05) is 43.5 Å². The lowest BCUT2D eigenvalue weighted by molar-refractivity contribution is 0.00468. The summed E-state index contributed by atoms with van der Waals surface area (Å²) in [4.78, 5) is 6.21. The van der Waals surface area contributed by atoms with E-state index < -0.39 is 5.60 Å². The molecule has 136 valence electrons. The van der Waals surface area contributed by atoms with Gasteiger partial charge >= 0.3 is 0 Å². The maximum absolute atomic E-state index is 10.7. The smallest absolute Gasteiger partial charge is 0.0854 e. The highest BCUT2D eigenvalue weighted by Crippen LogP contribution is 2.31. The zero-order valence-electron chi connectivity index (χ0n) is 15.3. The van der Waals surface area contributed by atoms with Crippen LogP contribution in [0.2, 0.25) is 0 Å². The molecule has 0 aliphatic heterocycles. The fourth-order valence-corrected chi connectivity index (χ4v) is 4.72. The van der Waals surface area contributed by atoms with Gasteiger partial charge < -0.3 is 10.4 Å². The van der Waals surface area contributed by atoms with Gasteiger partial charge in [0, 0.05) is 18.5 Å². The minimum atomic E-state index is -0.539. The summed E-state index contributed by atoms with van der Waals surface area (Å²) in [7, 11) is 0. The van der Waals surface area contributed by atoms with Gasteiger partial charge in [-0.25, -0.2) is 4.98 Å². The molecule has 0 bridgehead atoms. The number of aliphatic hydroxyl groups is 1. The lowest BCUT2D eigenvalue weighted by atomic mass is 9.85. The van der Waals surface area contributed by atoms with Crippen LogP contribution in [0.1, 0.15) is 43.2 Å². The van der Waals surface area contributed by atoms with Crippen LogP contribution in [-0.2, 0) is 6.54 Å². The van der Waals surface area contributed by atoms with Crippen LogP contribution in [0.25, 0.3) is 21.5 Å². The van der Waals surface area contributed by atoms with Gasteiger partial charge in [0.05, 0.1) is 21.7 Å². The van der Waals surface area contributed by atoms with E-state index in [-0.39, 0.29) is 0 Å². The molecule has 1 aliphatic rings. The monoisotopic (exact) mass is 366 g/mol. The Morgan fingerprint density at radius 1 is 1.15 bits per heavy atom. The number of nitrogens with zero attached hydrogens (tertiary/aromatic N) is 1. The Bertz CT molecular complexity index is 883. The number of hydrogen-bond donors (Lipinski definition) is 2. The summed E-state index contributed by atoms with van der Waals surface area (Å²) >= 11 is 1.73. The van der Waals surface area contributed by atoms with E-state index in [9.17, 15) is 5.11 Å². The number of aryl methyl sites for hydroxylation is 1. The first-order valence-electron chi connectivity index (χ1n) is 9.51. The van der Waals surface area contributed by atoms with Gasteiger partial charge in [0.25, 0.3) is 0 Å². The average Bonchev–Trinajstić information content (AvgIpc) is 3.16. The second-order valence-corrected chi connectivity index (χ2v) is 8.46. The van der Waals surface area contributed by atoms with E-state index in [0.717, 1.165) is 43.4 Å². The zero-order valence-corrected chi connectivity index (χ0v) is 16.1. The van der Waals surface area contributed by atoms with E-state index in [1.807, 2.05) is 0 Å². The highest BCUT2D eigenvalue weighted by molar-refractivity contribution is 7.13. The maximum Gasteiger partial charge on any atom is 0.0854 e. The second-order valence-electron chi connectivity index (χ2n) is 7.51. The fourth-order valence-electron chi connectivity index (χ4n) is 3.97. The third kappa shape index (κ3) is 3.68. The number of nitrogens with one attached hydrogen (secondary N) is 1. The number of pyridine rings is 1. The quantitative estimate of drug-likeness (QED) is 0.664. The standard InChI is InChI=1S/C22H26N2OS/c1-16-7-5-8-17-13-18(14-23-15-22(25)10-3-2-4-11-22)21(24-20(16)17)19-9-6-12-26-19/h5-9,12-13,23,25H,2-4,10-11,14-15H2,1H3. The van der Waals surface area contributed by atoms with Crippen molar-refractivity contribution >= 4 is 22.2 Å². The third-order valence-corrected chi connectivity index (χ3v) is 6.31. The molecule has 1 saturated carbocycles. The largest absolute Gasteiger partial charge is 0.389 e. The topological polar surface area (TPSA) is 45.1 Å². The summed E-state index contributed by atoms with van der Waals surface area (Å²) in [5, 5.41) is 17.5. The van der Waals surface area contributed by atoms with Gasteiger partial charge in [0.1, 0.15) is 0 Å². The van der Waals surface area contributed by atoms with Crippen LogP contribution in [0, 0.1) is 6.92 Å². The number of para-hydroxylation sites is 1. The predicted molar refractivity (Wildman–Crippen MR) is 110 cm³/mol. The average molecular weight is 367 g/mol. The van der Waals surface area contributed by atoms with Crippen LogP contribution in [0.5, 0.6) is 0 Å². The minimum absolute atomic E-state index is 0.539. The molecular weight excluding hydrogens is 340 g/mol. The Kier molecular flexibility index (Phi) is 5.07. The molecule has 1 aliphatic carbocycles. The van der Waals surface area contributed by atoms with Crippen molar-refractivity contribution in [3.8, 4) is 10.6 Å². The molecule has 0 saturated heterocycles. The molecule has 0 unspecified atom stereocenters. The molecule has 0 radical (unpaired) electrons. The molecule has 1 aromatic carbocycles. The minimum Gasteiger partial charge on any atom is -0.389 e. The lowest BCUT2D eigenvalue weighted by Gasteiger charge is -2.32. The molecule has 2 N–H and O–H groups in total. The summed E-state index contributed by atoms with van der Waals surface area (Å²) in [5.41, 5.74) is 4.00. The normalized spacial score (nSPS) is 16.8. The first kappa shape index (κ1) is 17.7. The number of aromatic nitrogens is 1. The summed E-state index contributed by atoms with van der Waals surface area (Å²) in [6.07, 6.45) is 5.34. The van der Waals surface area contributed by atoms with Gasteiger partial charge in [0.2, 0.25) is 0 Å². The summed E-state index contributed by atoms with van der Waals surface area (Å²) < 4.78 is 0. The second kappa shape index (κ2) is 7.47. The highest BCUT2D eigenvalue weighted by atomic mass is 32.1. The Morgan fingerprint density at radius 3 is 2.77 bits per heavy atom. The van der Waals surface area contributed by atoms with Crippen molar-refractivity contribution in [2.75, 3.05) is 6.54 Å². The summed E-state index contributed by atoms with van der Waals surface area (Å²) in [6.45, 7) is 3.50. The summed E-state index contributed by atoms with van der Waals surface area (Å²) in [6, 6.07) is 12.8. The van der Waals surface area contributed by atoms with Crippen molar-refractivity contribution < 1.29 is 5.11 Å². The third-order valence-electron chi connectivity index (χ3n) is 5.43. The van der Waals surface area contributed by atoms with Crippen molar-refractivity contribution in [3.05, 3.63) is 52.9 Å². The van der Waals surface area contributed by atoms with Gasteiger partial charge in [-0.3, -0.25) is 0 Å². The molecule has 1 fully saturated rings. The van der Waals surface area contributed by atoms with E-state index in [2.05, 4.69) is 54.0 Å². The molecule has 26 heavy (non-hydrogen) atoms. The fraction of sp³-hybridized carbons (Fsp3) is 0.409. The molecule has 4 heteroatoms. The molecule has 0 atom stereocenters. The van der Waals surface area contributed by atoms with Crippen LogP contribution in [0.4, 0.5) is 0 Å². The van der Waals surface area contributed by atoms with Crippen LogP contribution >= 0.6 is 11.3 Å². The van der Waals surface area contributed by atoms with Crippen molar-refractivity contribution in [1.29, 1.82) is 0 Å². The first-order chi connectivity index (χ1) is 12.6. The van der Waals surface area contributed by atoms with E-state index in [4.69, 9.17) is 4.98 Å². The van der Waals surface area contributed by atoms with E-state index in [0.29, 0.717) is 6.54 Å². The highest BCUT2D eigenvalue weighted by Gasteiger charge is 2.28. The molecule has 3 aromatic rings. The van der Waals surface area contributed by atoms with Gasteiger partial charge in [-0.05, 0) is 48.4 Å². The van der Waals surface area contributed by atoms with Gasteiger partial charge in [-0.15, -0.1) is 11.3 Å². The number of hydrogen-bond acceptors (Lipinski definition) is 4. The van der Waals surface area contributed by atoms with E-state index in [1.165, 1.54) is 27.8 Å². The zero-order chi connectivity index (χ0) is 18.0.